The predicted molar refractivity (Wildman–Crippen MR) is 243 cm³/mol. The summed E-state index contributed by atoms with van der Waals surface area (Å²) < 4.78 is 59.6. The van der Waals surface area contributed by atoms with Crippen LogP contribution in [0.15, 0.2) is 182 Å². The molecule has 0 bridgehead atoms. The average molecular weight is 883 g/mol. The number of ether oxygens (including phenoxy) is 9. The molecule has 6 aromatic carbocycles. The summed E-state index contributed by atoms with van der Waals surface area (Å²) >= 11 is 0. The van der Waals surface area contributed by atoms with E-state index in [1.807, 2.05) is 182 Å². The zero-order valence-electron chi connectivity index (χ0n) is 36.3. The standard InChI is InChI=1S/C54H58O11/c55-47-45(37-57-31-39-19-7-1-8-20-39)64-54(52(62-36-44-29-17-6-18-30-44)49(47)59-33-41-23-11-3-12-24-41)65-48-46(38-58-32-40-21-9-2-10-22-40)63-53(56)51(61-35-43-27-15-5-16-28-43)50(48)60-34-42-25-13-4-14-26-42/h1-30,45-56H,31-38H2/t45?,46?,47-,48-,49?,50?,51?,52?,53-,54-/m1/s1. The smallest absolute Gasteiger partial charge is 0.187 e. The number of hydrogen-bond acceptors (Lipinski definition) is 11. The van der Waals surface area contributed by atoms with Crippen LogP contribution in [0.4, 0.5) is 0 Å². The Balaban J connectivity index is 1.14. The molecule has 0 aromatic heterocycles. The fourth-order valence-electron chi connectivity index (χ4n) is 8.02. The molecule has 2 N–H and O–H groups in total. The summed E-state index contributed by atoms with van der Waals surface area (Å²) in [7, 11) is 0. The maximum absolute atomic E-state index is 12.2. The largest absolute Gasteiger partial charge is 0.387 e. The Hall–Kier alpha value is -5.12. The fraction of sp³-hybridized carbons (Fsp3) is 0.333. The van der Waals surface area contributed by atoms with Gasteiger partial charge < -0.3 is 52.8 Å². The van der Waals surface area contributed by atoms with Crippen molar-refractivity contribution in [2.45, 2.75) is 101 Å². The third kappa shape index (κ3) is 13.5. The van der Waals surface area contributed by atoms with E-state index in [1.165, 1.54) is 0 Å². The fourth-order valence-corrected chi connectivity index (χ4v) is 8.02. The van der Waals surface area contributed by atoms with Crippen LogP contribution in [0.2, 0.25) is 0 Å². The second kappa shape index (κ2) is 24.4. The molecule has 0 radical (unpaired) electrons. The van der Waals surface area contributed by atoms with Gasteiger partial charge in [-0.1, -0.05) is 182 Å². The van der Waals surface area contributed by atoms with E-state index in [0.717, 1.165) is 33.4 Å². The quantitative estimate of drug-likeness (QED) is 0.0691. The molecule has 10 atom stereocenters. The molecule has 2 heterocycles. The molecule has 340 valence electrons. The van der Waals surface area contributed by atoms with Crippen LogP contribution in [0.1, 0.15) is 33.4 Å². The first kappa shape index (κ1) is 46.4. The van der Waals surface area contributed by atoms with E-state index in [0.29, 0.717) is 6.61 Å². The van der Waals surface area contributed by atoms with Gasteiger partial charge in [0.1, 0.15) is 48.8 Å². The molecule has 2 fully saturated rings. The summed E-state index contributed by atoms with van der Waals surface area (Å²) in [5.41, 5.74) is 5.59. The molecule has 0 saturated carbocycles. The summed E-state index contributed by atoms with van der Waals surface area (Å²) in [6, 6.07) is 58.6. The summed E-state index contributed by atoms with van der Waals surface area (Å²) in [5, 5.41) is 24.0. The topological polar surface area (TPSA) is 124 Å². The zero-order chi connectivity index (χ0) is 44.5. The second-order valence-corrected chi connectivity index (χ2v) is 16.2. The number of aliphatic hydroxyl groups excluding tert-OH is 2. The molecule has 2 aliphatic heterocycles. The normalized spacial score (nSPS) is 25.6. The minimum absolute atomic E-state index is 0.0206. The van der Waals surface area contributed by atoms with Gasteiger partial charge in [0.15, 0.2) is 12.6 Å². The lowest BCUT2D eigenvalue weighted by Gasteiger charge is -2.49. The van der Waals surface area contributed by atoms with Gasteiger partial charge in [-0.25, -0.2) is 0 Å². The zero-order valence-corrected chi connectivity index (χ0v) is 36.3. The van der Waals surface area contributed by atoms with Crippen molar-refractivity contribution in [1.29, 1.82) is 0 Å². The highest BCUT2D eigenvalue weighted by atomic mass is 16.7. The first-order valence-corrected chi connectivity index (χ1v) is 22.3. The summed E-state index contributed by atoms with van der Waals surface area (Å²) in [6.07, 6.45) is -10.4. The molecule has 0 spiro atoms. The molecular formula is C54H58O11. The average Bonchev–Trinajstić information content (AvgIpc) is 3.35. The third-order valence-electron chi connectivity index (χ3n) is 11.4. The van der Waals surface area contributed by atoms with Crippen LogP contribution < -0.4 is 0 Å². The van der Waals surface area contributed by atoms with Crippen molar-refractivity contribution in [1.82, 2.24) is 0 Å². The monoisotopic (exact) mass is 882 g/mol. The minimum atomic E-state index is -1.41. The highest BCUT2D eigenvalue weighted by Gasteiger charge is 2.53. The van der Waals surface area contributed by atoms with Crippen LogP contribution >= 0.6 is 0 Å². The maximum Gasteiger partial charge on any atom is 0.187 e. The Morgan fingerprint density at radius 2 is 0.677 bits per heavy atom. The first-order valence-electron chi connectivity index (χ1n) is 22.3. The summed E-state index contributed by atoms with van der Waals surface area (Å²) in [6.45, 7) is 1.34. The van der Waals surface area contributed by atoms with Crippen molar-refractivity contribution in [3.05, 3.63) is 215 Å². The van der Waals surface area contributed by atoms with Gasteiger partial charge in [0.25, 0.3) is 0 Å². The number of aliphatic hydroxyl groups is 2. The van der Waals surface area contributed by atoms with Crippen molar-refractivity contribution >= 4 is 0 Å². The lowest BCUT2D eigenvalue weighted by Crippen LogP contribution is -2.66. The predicted octanol–water partition coefficient (Wildman–Crippen LogP) is 7.95. The van der Waals surface area contributed by atoms with E-state index >= 15 is 0 Å². The minimum Gasteiger partial charge on any atom is -0.387 e. The van der Waals surface area contributed by atoms with Gasteiger partial charge in [0.05, 0.1) is 52.9 Å². The van der Waals surface area contributed by atoms with Gasteiger partial charge >= 0.3 is 0 Å². The highest BCUT2D eigenvalue weighted by molar-refractivity contribution is 5.18. The molecule has 6 unspecified atom stereocenters. The van der Waals surface area contributed by atoms with E-state index in [4.69, 9.17) is 42.6 Å². The summed E-state index contributed by atoms with van der Waals surface area (Å²) in [4.78, 5) is 0. The van der Waals surface area contributed by atoms with Crippen LogP contribution in [0, 0.1) is 0 Å². The van der Waals surface area contributed by atoms with Crippen molar-refractivity contribution in [2.75, 3.05) is 13.2 Å². The maximum atomic E-state index is 12.2. The first-order chi connectivity index (χ1) is 32.1. The van der Waals surface area contributed by atoms with Crippen molar-refractivity contribution < 1.29 is 52.8 Å². The second-order valence-electron chi connectivity index (χ2n) is 16.2. The molecule has 2 aliphatic rings. The van der Waals surface area contributed by atoms with Crippen LogP contribution in [0.3, 0.4) is 0 Å². The van der Waals surface area contributed by atoms with Crippen LogP contribution in [-0.4, -0.2) is 84.8 Å². The van der Waals surface area contributed by atoms with E-state index in [1.54, 1.807) is 0 Å². The Morgan fingerprint density at radius 3 is 1.09 bits per heavy atom. The van der Waals surface area contributed by atoms with Gasteiger partial charge in [-0.3, -0.25) is 0 Å². The molecule has 11 heteroatoms. The van der Waals surface area contributed by atoms with Crippen LogP contribution in [0.25, 0.3) is 0 Å². The van der Waals surface area contributed by atoms with Crippen molar-refractivity contribution in [2.24, 2.45) is 0 Å². The molecule has 6 aromatic rings. The third-order valence-corrected chi connectivity index (χ3v) is 11.4. The Labute approximate surface area is 381 Å². The van der Waals surface area contributed by atoms with Gasteiger partial charge in [-0.2, -0.15) is 0 Å². The molecule has 11 nitrogen and oxygen atoms in total. The Kier molecular flexibility index (Phi) is 17.4. The SMILES string of the molecule is O[C@@H]1C(COCc2ccccc2)O[C@H](O[C@@H]2C(COCc3ccccc3)O[C@@H](O)C(OCc3ccccc3)C2OCc2ccccc2)C(OCc2ccccc2)C1OCc1ccccc1. The van der Waals surface area contributed by atoms with E-state index in [9.17, 15) is 10.2 Å². The molecule has 65 heavy (non-hydrogen) atoms. The highest BCUT2D eigenvalue weighted by Crippen LogP contribution is 2.35. The van der Waals surface area contributed by atoms with E-state index in [2.05, 4.69) is 0 Å². The Bertz CT molecular complexity index is 2210. The van der Waals surface area contributed by atoms with E-state index < -0.39 is 61.4 Å². The van der Waals surface area contributed by atoms with Gasteiger partial charge in [0.2, 0.25) is 0 Å². The molecule has 0 aliphatic carbocycles. The van der Waals surface area contributed by atoms with Crippen LogP contribution in [0.5, 0.6) is 0 Å². The van der Waals surface area contributed by atoms with Gasteiger partial charge in [-0.05, 0) is 33.4 Å². The molecule has 0 amide bonds. The molecular weight excluding hydrogens is 825 g/mol. The lowest BCUT2D eigenvalue weighted by molar-refractivity contribution is -0.371. The number of hydrogen-bond donors (Lipinski definition) is 2. The van der Waals surface area contributed by atoms with Crippen molar-refractivity contribution in [3.63, 3.8) is 0 Å². The van der Waals surface area contributed by atoms with Crippen molar-refractivity contribution in [3.8, 4) is 0 Å². The lowest BCUT2D eigenvalue weighted by atomic mass is 9.96. The summed E-state index contributed by atoms with van der Waals surface area (Å²) in [5.74, 6) is 0. The van der Waals surface area contributed by atoms with Gasteiger partial charge in [0, 0.05) is 0 Å². The Morgan fingerprint density at radius 1 is 0.338 bits per heavy atom. The molecule has 8 rings (SSSR count). The number of benzene rings is 6. The van der Waals surface area contributed by atoms with Gasteiger partial charge in [-0.15, -0.1) is 0 Å². The number of rotatable bonds is 22. The molecule has 2 saturated heterocycles. The van der Waals surface area contributed by atoms with E-state index in [-0.39, 0.29) is 46.2 Å². The van der Waals surface area contributed by atoms with Crippen LogP contribution in [-0.2, 0) is 82.3 Å².